The van der Waals surface area contributed by atoms with E-state index in [1.807, 2.05) is 47.0 Å². The van der Waals surface area contributed by atoms with E-state index in [1.165, 1.54) is 19.3 Å². The maximum atomic E-state index is 14.4. The first kappa shape index (κ1) is 30.6. The van der Waals surface area contributed by atoms with E-state index in [-0.39, 0.29) is 33.1 Å². The zero-order valence-corrected chi connectivity index (χ0v) is 24.0. The van der Waals surface area contributed by atoms with Crippen molar-refractivity contribution in [2.24, 2.45) is 17.6 Å². The SMILES string of the molecule is COC1(C(=O)c2ccc(C(C)(C)C)cc2)C(C(=O)c2ccc(C(C)(C)C)cc2)=C(C(=O)NN)C=CC1C(=O)NN. The van der Waals surface area contributed by atoms with Crippen molar-refractivity contribution in [1.82, 2.24) is 10.9 Å². The number of rotatable bonds is 7. The highest BCUT2D eigenvalue weighted by atomic mass is 16.5. The number of Topliss-reactive ketones (excluding diaryl/α,β-unsaturated/α-hetero) is 2. The summed E-state index contributed by atoms with van der Waals surface area (Å²) >= 11 is 0. The Hall–Kier alpha value is -3.92. The lowest BCUT2D eigenvalue weighted by atomic mass is 9.68. The van der Waals surface area contributed by atoms with Gasteiger partial charge in [-0.25, -0.2) is 11.7 Å². The molecule has 3 rings (SSSR count). The summed E-state index contributed by atoms with van der Waals surface area (Å²) in [6.07, 6.45) is 2.60. The maximum Gasteiger partial charge on any atom is 0.265 e. The summed E-state index contributed by atoms with van der Waals surface area (Å²) in [5.74, 6) is 6.62. The van der Waals surface area contributed by atoms with Gasteiger partial charge in [0, 0.05) is 18.2 Å². The average Bonchev–Trinajstić information content (AvgIpc) is 2.93. The zero-order valence-electron chi connectivity index (χ0n) is 24.0. The van der Waals surface area contributed by atoms with Crippen LogP contribution in [0.15, 0.2) is 71.8 Å². The van der Waals surface area contributed by atoms with Crippen LogP contribution in [0.4, 0.5) is 0 Å². The van der Waals surface area contributed by atoms with E-state index in [9.17, 15) is 19.2 Å². The first-order valence-electron chi connectivity index (χ1n) is 12.9. The van der Waals surface area contributed by atoms with Gasteiger partial charge in [0.05, 0.1) is 17.1 Å². The summed E-state index contributed by atoms with van der Waals surface area (Å²) in [6, 6.07) is 13.7. The number of hydrogen-bond acceptors (Lipinski definition) is 7. The predicted molar refractivity (Wildman–Crippen MR) is 153 cm³/mol. The third-order valence-corrected chi connectivity index (χ3v) is 7.25. The molecule has 2 amide bonds. The molecule has 9 heteroatoms. The van der Waals surface area contributed by atoms with Gasteiger partial charge in [0.25, 0.3) is 5.91 Å². The number of carbonyl (C=O) groups excluding carboxylic acids is 4. The monoisotopic (exact) mass is 546 g/mol. The van der Waals surface area contributed by atoms with Crippen molar-refractivity contribution in [3.63, 3.8) is 0 Å². The Bertz CT molecular complexity index is 1380. The summed E-state index contributed by atoms with van der Waals surface area (Å²) < 4.78 is 5.87. The Balaban J connectivity index is 2.32. The van der Waals surface area contributed by atoms with Gasteiger partial charge < -0.3 is 4.74 Å². The Morgan fingerprint density at radius 3 is 1.65 bits per heavy atom. The minimum atomic E-state index is -2.23. The van der Waals surface area contributed by atoms with E-state index in [2.05, 4.69) is 5.43 Å². The molecule has 2 aromatic rings. The molecule has 212 valence electrons. The minimum absolute atomic E-state index is 0.172. The zero-order chi connectivity index (χ0) is 30.0. The van der Waals surface area contributed by atoms with Gasteiger partial charge in [0.1, 0.15) is 0 Å². The highest BCUT2D eigenvalue weighted by Crippen LogP contribution is 2.42. The average molecular weight is 547 g/mol. The smallest absolute Gasteiger partial charge is 0.265 e. The van der Waals surface area contributed by atoms with Crippen molar-refractivity contribution >= 4 is 23.4 Å². The molecule has 0 aliphatic heterocycles. The van der Waals surface area contributed by atoms with Crippen LogP contribution in [0, 0.1) is 5.92 Å². The van der Waals surface area contributed by atoms with E-state index in [1.54, 1.807) is 48.5 Å². The van der Waals surface area contributed by atoms with Crippen LogP contribution in [0.5, 0.6) is 0 Å². The van der Waals surface area contributed by atoms with Gasteiger partial charge in [-0.2, -0.15) is 0 Å². The molecule has 2 atom stereocenters. The molecule has 40 heavy (non-hydrogen) atoms. The molecule has 0 aromatic heterocycles. The summed E-state index contributed by atoms with van der Waals surface area (Å²) in [5.41, 5.74) is 3.33. The minimum Gasteiger partial charge on any atom is -0.364 e. The number of hydrazine groups is 2. The molecule has 0 heterocycles. The van der Waals surface area contributed by atoms with Gasteiger partial charge in [-0.05, 0) is 22.0 Å². The largest absolute Gasteiger partial charge is 0.364 e. The summed E-state index contributed by atoms with van der Waals surface area (Å²) in [6.45, 7) is 12.2. The van der Waals surface area contributed by atoms with Crippen LogP contribution in [0.25, 0.3) is 0 Å². The van der Waals surface area contributed by atoms with Crippen molar-refractivity contribution in [3.05, 3.63) is 94.1 Å². The molecule has 0 saturated carbocycles. The van der Waals surface area contributed by atoms with Crippen molar-refractivity contribution in [2.75, 3.05) is 7.11 Å². The molecule has 9 nitrogen and oxygen atoms in total. The van der Waals surface area contributed by atoms with E-state index in [4.69, 9.17) is 16.4 Å². The Morgan fingerprint density at radius 1 is 0.775 bits per heavy atom. The standard InChI is InChI=1S/C31H38N4O5/c1-29(2,3)20-12-8-18(9-13-20)25(36)24-22(27(38)34-32)16-17-23(28(39)35-33)31(24,40-7)26(37)19-10-14-21(15-11-19)30(4,5)6/h8-17,23H,32-33H2,1-7H3,(H,34,38)(H,35,39). The third kappa shape index (κ3) is 5.54. The number of methoxy groups -OCH3 is 1. The number of amides is 2. The molecule has 0 bridgehead atoms. The van der Waals surface area contributed by atoms with Gasteiger partial charge in [-0.3, -0.25) is 30.0 Å². The lowest BCUT2D eigenvalue weighted by Gasteiger charge is -2.40. The lowest BCUT2D eigenvalue weighted by Crippen LogP contribution is -2.58. The second-order valence-electron chi connectivity index (χ2n) is 11.9. The number of benzene rings is 2. The molecule has 0 fully saturated rings. The molecule has 2 aromatic carbocycles. The summed E-state index contributed by atoms with van der Waals surface area (Å²) in [7, 11) is 1.21. The van der Waals surface area contributed by atoms with Gasteiger partial charge in [0.15, 0.2) is 11.4 Å². The molecule has 0 saturated heterocycles. The summed E-state index contributed by atoms with van der Waals surface area (Å²) in [4.78, 5) is 54.7. The second-order valence-corrected chi connectivity index (χ2v) is 11.9. The second kappa shape index (κ2) is 11.3. The Kier molecular flexibility index (Phi) is 8.64. The first-order chi connectivity index (χ1) is 18.6. The normalized spacial score (nSPS) is 19.3. The van der Waals surface area contributed by atoms with Crippen LogP contribution in [0.2, 0.25) is 0 Å². The Labute approximate surface area is 235 Å². The molecule has 0 radical (unpaired) electrons. The molecule has 2 unspecified atom stereocenters. The third-order valence-electron chi connectivity index (χ3n) is 7.25. The molecular formula is C31H38N4O5. The molecular weight excluding hydrogens is 508 g/mol. The van der Waals surface area contributed by atoms with Crippen molar-refractivity contribution < 1.29 is 23.9 Å². The van der Waals surface area contributed by atoms with E-state index < -0.39 is 34.9 Å². The molecule has 1 aliphatic rings. The topological polar surface area (TPSA) is 154 Å². The molecule has 0 spiro atoms. The van der Waals surface area contributed by atoms with Crippen molar-refractivity contribution in [2.45, 2.75) is 58.0 Å². The predicted octanol–water partition coefficient (Wildman–Crippen LogP) is 3.19. The van der Waals surface area contributed by atoms with Crippen LogP contribution < -0.4 is 22.5 Å². The fourth-order valence-electron chi connectivity index (χ4n) is 4.87. The number of ether oxygens (including phenoxy) is 1. The van der Waals surface area contributed by atoms with E-state index in [0.717, 1.165) is 11.1 Å². The van der Waals surface area contributed by atoms with Crippen LogP contribution in [0.1, 0.15) is 73.4 Å². The first-order valence-corrected chi connectivity index (χ1v) is 12.9. The maximum absolute atomic E-state index is 14.4. The summed E-state index contributed by atoms with van der Waals surface area (Å²) in [5, 5.41) is 0. The molecule has 6 N–H and O–H groups in total. The fourth-order valence-corrected chi connectivity index (χ4v) is 4.87. The highest BCUT2D eigenvalue weighted by Gasteiger charge is 2.56. The number of nitrogens with two attached hydrogens (primary N) is 2. The van der Waals surface area contributed by atoms with Crippen LogP contribution >= 0.6 is 0 Å². The van der Waals surface area contributed by atoms with Crippen molar-refractivity contribution in [3.8, 4) is 0 Å². The van der Waals surface area contributed by atoms with Crippen LogP contribution in [-0.2, 0) is 25.2 Å². The lowest BCUT2D eigenvalue weighted by molar-refractivity contribution is -0.129. The van der Waals surface area contributed by atoms with Gasteiger partial charge in [0.2, 0.25) is 11.7 Å². The Morgan fingerprint density at radius 2 is 1.25 bits per heavy atom. The highest BCUT2D eigenvalue weighted by molar-refractivity contribution is 6.23. The van der Waals surface area contributed by atoms with Crippen LogP contribution in [0.3, 0.4) is 0 Å². The van der Waals surface area contributed by atoms with Crippen LogP contribution in [-0.4, -0.2) is 36.1 Å². The van der Waals surface area contributed by atoms with Gasteiger partial charge >= 0.3 is 0 Å². The van der Waals surface area contributed by atoms with Gasteiger partial charge in [-0.15, -0.1) is 0 Å². The number of ketones is 2. The number of nitrogens with one attached hydrogen (secondary N) is 2. The fraction of sp³-hybridized carbons (Fsp3) is 0.355. The van der Waals surface area contributed by atoms with Crippen molar-refractivity contribution in [1.29, 1.82) is 0 Å². The van der Waals surface area contributed by atoms with E-state index in [0.29, 0.717) is 0 Å². The number of hydrogen-bond donors (Lipinski definition) is 4. The molecule has 1 aliphatic carbocycles. The quantitative estimate of drug-likeness (QED) is 0.180. The number of carbonyl (C=O) groups is 4. The van der Waals surface area contributed by atoms with Gasteiger partial charge in [-0.1, -0.05) is 102 Å². The van der Waals surface area contributed by atoms with E-state index >= 15 is 0 Å².